The van der Waals surface area contributed by atoms with E-state index < -0.39 is 17.2 Å². The van der Waals surface area contributed by atoms with Crippen LogP contribution in [0.3, 0.4) is 0 Å². The molecule has 0 aliphatic rings. The fourth-order valence-corrected chi connectivity index (χ4v) is 3.26. The number of aromatic nitrogens is 3. The lowest BCUT2D eigenvalue weighted by Gasteiger charge is -2.13. The van der Waals surface area contributed by atoms with Crippen LogP contribution in [0.1, 0.15) is 16.1 Å². The van der Waals surface area contributed by atoms with Crippen LogP contribution < -0.4 is 16.6 Å². The molecule has 162 valence electrons. The number of rotatable bonds is 7. The zero-order chi connectivity index (χ0) is 22.5. The minimum atomic E-state index is -0.786. The molecule has 0 aliphatic carbocycles. The van der Waals surface area contributed by atoms with Gasteiger partial charge in [-0.15, -0.1) is 0 Å². The molecule has 1 amide bonds. The molecule has 0 fully saturated rings. The average Bonchev–Trinajstić information content (AvgIpc) is 2.71. The molecule has 3 aromatic rings. The maximum atomic E-state index is 13.1. The van der Waals surface area contributed by atoms with Crippen LogP contribution in [0, 0.1) is 0 Å². The Morgan fingerprint density at radius 3 is 2.39 bits per heavy atom. The van der Waals surface area contributed by atoms with E-state index in [1.807, 2.05) is 19.0 Å². The summed E-state index contributed by atoms with van der Waals surface area (Å²) in [6.45, 7) is 0.827. The minimum absolute atomic E-state index is 0.0701. The minimum Gasteiger partial charge on any atom is -0.349 e. The summed E-state index contributed by atoms with van der Waals surface area (Å²) in [7, 11) is 3.73. The van der Waals surface area contributed by atoms with Crippen LogP contribution in [-0.2, 0) is 6.54 Å². The molecule has 0 atom stereocenters. The summed E-state index contributed by atoms with van der Waals surface area (Å²) in [6.07, 6.45) is 0. The van der Waals surface area contributed by atoms with E-state index in [9.17, 15) is 14.4 Å². The van der Waals surface area contributed by atoms with Gasteiger partial charge in [0.05, 0.1) is 12.2 Å². The highest BCUT2D eigenvalue weighted by atomic mass is 35.5. The zero-order valence-corrected chi connectivity index (χ0v) is 18.5. The van der Waals surface area contributed by atoms with Gasteiger partial charge in [-0.1, -0.05) is 41.4 Å². The van der Waals surface area contributed by atoms with Crippen LogP contribution in [0.4, 0.5) is 0 Å². The smallest absolute Gasteiger partial charge is 0.349 e. The van der Waals surface area contributed by atoms with Crippen LogP contribution in [0.15, 0.2) is 58.1 Å². The number of nitrogens with one attached hydrogen (secondary N) is 1. The summed E-state index contributed by atoms with van der Waals surface area (Å²) >= 11 is 12.1. The normalized spacial score (nSPS) is 11.0. The van der Waals surface area contributed by atoms with Crippen molar-refractivity contribution in [1.29, 1.82) is 0 Å². The molecular weight excluding hydrogens is 441 g/mol. The number of benzene rings is 2. The Labute approximate surface area is 188 Å². The number of hydrogen-bond donors (Lipinski definition) is 1. The zero-order valence-electron chi connectivity index (χ0n) is 17.0. The van der Waals surface area contributed by atoms with Gasteiger partial charge in [0, 0.05) is 23.1 Å². The van der Waals surface area contributed by atoms with E-state index in [4.69, 9.17) is 23.2 Å². The summed E-state index contributed by atoms with van der Waals surface area (Å²) in [5, 5.41) is 7.58. The van der Waals surface area contributed by atoms with Gasteiger partial charge >= 0.3 is 5.69 Å². The average molecular weight is 462 g/mol. The number of carbonyl (C=O) groups is 1. The molecule has 0 radical (unpaired) electrons. The third kappa shape index (κ3) is 5.61. The van der Waals surface area contributed by atoms with Crippen LogP contribution in [0.5, 0.6) is 0 Å². The van der Waals surface area contributed by atoms with Crippen molar-refractivity contribution in [3.8, 4) is 5.69 Å². The number of nitrogens with zero attached hydrogens (tertiary/aromatic N) is 4. The van der Waals surface area contributed by atoms with Crippen molar-refractivity contribution in [3.05, 3.63) is 90.7 Å². The highest BCUT2D eigenvalue weighted by molar-refractivity contribution is 6.31. The Kier molecular flexibility index (Phi) is 7.27. The second-order valence-corrected chi connectivity index (χ2v) is 7.98. The first kappa shape index (κ1) is 22.7. The third-order valence-corrected chi connectivity index (χ3v) is 4.87. The Hall–Kier alpha value is -2.94. The van der Waals surface area contributed by atoms with Gasteiger partial charge in [0.2, 0.25) is 5.69 Å². The van der Waals surface area contributed by atoms with E-state index in [1.54, 1.807) is 42.5 Å². The first-order valence-electron chi connectivity index (χ1n) is 9.44. The lowest BCUT2D eigenvalue weighted by atomic mass is 10.2. The van der Waals surface area contributed by atoms with Gasteiger partial charge in [-0.3, -0.25) is 14.2 Å². The summed E-state index contributed by atoms with van der Waals surface area (Å²) in [4.78, 5) is 40.7. The van der Waals surface area contributed by atoms with Gasteiger partial charge < -0.3 is 10.2 Å². The maximum Gasteiger partial charge on any atom is 0.352 e. The Morgan fingerprint density at radius 2 is 1.74 bits per heavy atom. The number of hydrogen-bond acceptors (Lipinski definition) is 5. The molecule has 1 heterocycles. The number of carbonyl (C=O) groups excluding carboxylic acids is 1. The van der Waals surface area contributed by atoms with E-state index in [0.29, 0.717) is 34.4 Å². The van der Waals surface area contributed by atoms with Crippen LogP contribution >= 0.6 is 23.2 Å². The first-order chi connectivity index (χ1) is 14.8. The Morgan fingerprint density at radius 1 is 1.06 bits per heavy atom. The molecule has 0 spiro atoms. The molecule has 0 saturated carbocycles. The Bertz CT molecular complexity index is 1220. The second kappa shape index (κ2) is 9.91. The number of likely N-dealkylation sites (N-methyl/N-ethyl adjacent to an activating group) is 1. The van der Waals surface area contributed by atoms with Crippen molar-refractivity contribution in [1.82, 2.24) is 24.6 Å². The SMILES string of the molecule is CN(C)CCNC(=O)c1nn(-c2cccc(Cl)c2)c(=O)n(Cc2cccc(Cl)c2)c1=O. The topological polar surface area (TPSA) is 89.2 Å². The Balaban J connectivity index is 2.12. The van der Waals surface area contributed by atoms with Crippen molar-refractivity contribution in [2.75, 3.05) is 27.2 Å². The van der Waals surface area contributed by atoms with Crippen molar-refractivity contribution in [2.45, 2.75) is 6.54 Å². The van der Waals surface area contributed by atoms with Gasteiger partial charge in [0.25, 0.3) is 11.5 Å². The van der Waals surface area contributed by atoms with Gasteiger partial charge in [0.1, 0.15) is 0 Å². The number of halogens is 2. The highest BCUT2D eigenvalue weighted by Gasteiger charge is 2.20. The van der Waals surface area contributed by atoms with E-state index >= 15 is 0 Å². The van der Waals surface area contributed by atoms with Gasteiger partial charge in [-0.05, 0) is 50.0 Å². The van der Waals surface area contributed by atoms with Gasteiger partial charge in [0.15, 0.2) is 0 Å². The van der Waals surface area contributed by atoms with E-state index in [1.165, 1.54) is 6.07 Å². The molecule has 0 aliphatic heterocycles. The van der Waals surface area contributed by atoms with E-state index in [-0.39, 0.29) is 12.2 Å². The maximum absolute atomic E-state index is 13.1. The van der Waals surface area contributed by atoms with Gasteiger partial charge in [-0.2, -0.15) is 9.78 Å². The summed E-state index contributed by atoms with van der Waals surface area (Å²) in [6, 6.07) is 13.2. The van der Waals surface area contributed by atoms with Crippen molar-refractivity contribution >= 4 is 29.1 Å². The molecule has 0 bridgehead atoms. The largest absolute Gasteiger partial charge is 0.352 e. The van der Waals surface area contributed by atoms with E-state index in [2.05, 4.69) is 10.4 Å². The fraction of sp³-hybridized carbons (Fsp3) is 0.238. The summed E-state index contributed by atoms with van der Waals surface area (Å²) < 4.78 is 1.96. The molecule has 0 unspecified atom stereocenters. The second-order valence-electron chi connectivity index (χ2n) is 7.10. The van der Waals surface area contributed by atoms with Crippen molar-refractivity contribution in [2.24, 2.45) is 0 Å². The van der Waals surface area contributed by atoms with Crippen molar-refractivity contribution in [3.63, 3.8) is 0 Å². The van der Waals surface area contributed by atoms with Crippen LogP contribution in [-0.4, -0.2) is 52.3 Å². The van der Waals surface area contributed by atoms with Crippen LogP contribution in [0.2, 0.25) is 10.0 Å². The molecule has 1 N–H and O–H groups in total. The molecule has 1 aromatic heterocycles. The first-order valence-corrected chi connectivity index (χ1v) is 10.2. The molecule has 8 nitrogen and oxygen atoms in total. The third-order valence-electron chi connectivity index (χ3n) is 4.40. The predicted octanol–water partition coefficient (Wildman–Crippen LogP) is 2.04. The highest BCUT2D eigenvalue weighted by Crippen LogP contribution is 2.13. The monoisotopic (exact) mass is 461 g/mol. The lowest BCUT2D eigenvalue weighted by molar-refractivity contribution is 0.0941. The predicted molar refractivity (Wildman–Crippen MR) is 121 cm³/mol. The van der Waals surface area contributed by atoms with Crippen LogP contribution in [0.25, 0.3) is 5.69 Å². The number of amides is 1. The molecule has 3 rings (SSSR count). The van der Waals surface area contributed by atoms with Gasteiger partial charge in [-0.25, -0.2) is 4.79 Å². The van der Waals surface area contributed by atoms with Crippen molar-refractivity contribution < 1.29 is 4.79 Å². The summed E-state index contributed by atoms with van der Waals surface area (Å²) in [5.74, 6) is -0.664. The molecular formula is C21H21Cl2N5O3. The summed E-state index contributed by atoms with van der Waals surface area (Å²) in [5.41, 5.74) is -0.905. The fourth-order valence-electron chi connectivity index (χ4n) is 2.87. The molecule has 10 heteroatoms. The molecule has 2 aromatic carbocycles. The quantitative estimate of drug-likeness (QED) is 0.581. The molecule has 0 saturated heterocycles. The molecule has 31 heavy (non-hydrogen) atoms. The lowest BCUT2D eigenvalue weighted by Crippen LogP contribution is -2.46. The standard InChI is InChI=1S/C21H21Cl2N5O3/c1-26(2)10-9-24-19(29)18-20(30)27(13-14-5-3-6-15(22)11-14)21(31)28(25-18)17-8-4-7-16(23)12-17/h3-8,11-12H,9-10,13H2,1-2H3,(H,24,29). The van der Waals surface area contributed by atoms with E-state index in [0.717, 1.165) is 9.25 Å².